The second kappa shape index (κ2) is 4.03. The number of nitrogens with zero attached hydrogens (tertiary/aromatic N) is 2. The number of fused-ring (bicyclic) bond motifs is 1. The molecule has 17 heavy (non-hydrogen) atoms. The van der Waals surface area contributed by atoms with Crippen molar-refractivity contribution in [3.63, 3.8) is 0 Å². The zero-order valence-corrected chi connectivity index (χ0v) is 9.24. The molecule has 3 rings (SSSR count). The number of aliphatic hydroxyl groups excluding tert-OH is 1. The number of hydrogen-bond acceptors (Lipinski definition) is 2. The van der Waals surface area contributed by atoms with E-state index in [-0.39, 0.29) is 6.61 Å². The minimum Gasteiger partial charge on any atom is -0.390 e. The Kier molecular flexibility index (Phi) is 2.38. The lowest BCUT2D eigenvalue weighted by Gasteiger charge is -2.04. The summed E-state index contributed by atoms with van der Waals surface area (Å²) >= 11 is 0. The maximum atomic E-state index is 9.23. The lowest BCUT2D eigenvalue weighted by molar-refractivity contribution is 0.276. The molecule has 0 amide bonds. The van der Waals surface area contributed by atoms with Gasteiger partial charge in [-0.3, -0.25) is 0 Å². The van der Waals surface area contributed by atoms with Gasteiger partial charge in [0.25, 0.3) is 0 Å². The van der Waals surface area contributed by atoms with E-state index in [4.69, 9.17) is 0 Å². The fourth-order valence-corrected chi connectivity index (χ4v) is 1.95. The molecule has 3 nitrogen and oxygen atoms in total. The van der Waals surface area contributed by atoms with Gasteiger partial charge < -0.3 is 9.51 Å². The molecule has 0 fully saturated rings. The van der Waals surface area contributed by atoms with Gasteiger partial charge in [0.15, 0.2) is 0 Å². The van der Waals surface area contributed by atoms with Crippen molar-refractivity contribution in [3.05, 3.63) is 60.6 Å². The smallest absolute Gasteiger partial charge is 0.136 e. The van der Waals surface area contributed by atoms with Gasteiger partial charge in [-0.2, -0.15) is 0 Å². The van der Waals surface area contributed by atoms with Crippen LogP contribution < -0.4 is 0 Å². The molecule has 2 heterocycles. The van der Waals surface area contributed by atoms with Crippen LogP contribution in [0, 0.1) is 0 Å². The average molecular weight is 224 g/mol. The van der Waals surface area contributed by atoms with E-state index < -0.39 is 0 Å². The van der Waals surface area contributed by atoms with Gasteiger partial charge in [-0.05, 0) is 23.3 Å². The summed E-state index contributed by atoms with van der Waals surface area (Å²) in [6, 6.07) is 14.2. The number of aliphatic hydroxyl groups is 1. The van der Waals surface area contributed by atoms with Crippen molar-refractivity contribution < 1.29 is 5.11 Å². The van der Waals surface area contributed by atoms with Gasteiger partial charge >= 0.3 is 0 Å². The van der Waals surface area contributed by atoms with Crippen molar-refractivity contribution in [2.75, 3.05) is 0 Å². The Balaban J connectivity index is 2.19. The maximum absolute atomic E-state index is 9.23. The van der Waals surface area contributed by atoms with Crippen molar-refractivity contribution >= 4 is 5.65 Å². The zero-order chi connectivity index (χ0) is 11.7. The highest BCUT2D eigenvalue weighted by atomic mass is 16.3. The van der Waals surface area contributed by atoms with Crippen LogP contribution in [0.5, 0.6) is 0 Å². The molecule has 3 heteroatoms. The molecule has 3 aromatic rings. The van der Waals surface area contributed by atoms with E-state index in [0.717, 1.165) is 22.5 Å². The molecule has 1 N–H and O–H groups in total. The topological polar surface area (TPSA) is 37.5 Å². The highest BCUT2D eigenvalue weighted by Crippen LogP contribution is 2.20. The molecule has 0 atom stereocenters. The Morgan fingerprint density at radius 3 is 2.59 bits per heavy atom. The van der Waals surface area contributed by atoms with Crippen LogP contribution in [0.2, 0.25) is 0 Å². The van der Waals surface area contributed by atoms with Gasteiger partial charge in [0.05, 0.1) is 18.5 Å². The molecular formula is C14H12N2O. The van der Waals surface area contributed by atoms with Crippen molar-refractivity contribution in [2.24, 2.45) is 0 Å². The SMILES string of the molecule is OCc1cnc2ccc(-c3ccccc3)cn12. The molecular weight excluding hydrogens is 212 g/mol. The van der Waals surface area contributed by atoms with Crippen LogP contribution in [-0.4, -0.2) is 14.5 Å². The number of imidazole rings is 1. The fourth-order valence-electron chi connectivity index (χ4n) is 1.95. The highest BCUT2D eigenvalue weighted by molar-refractivity contribution is 5.64. The third kappa shape index (κ3) is 1.70. The van der Waals surface area contributed by atoms with E-state index in [9.17, 15) is 5.11 Å². The average Bonchev–Trinajstić information content (AvgIpc) is 2.81. The van der Waals surface area contributed by atoms with E-state index in [1.807, 2.05) is 40.9 Å². The van der Waals surface area contributed by atoms with E-state index in [1.54, 1.807) is 6.20 Å². The molecule has 0 radical (unpaired) electrons. The van der Waals surface area contributed by atoms with E-state index in [1.165, 1.54) is 0 Å². The number of hydrogen-bond donors (Lipinski definition) is 1. The second-order valence-corrected chi connectivity index (χ2v) is 3.92. The summed E-state index contributed by atoms with van der Waals surface area (Å²) < 4.78 is 1.92. The number of pyridine rings is 1. The van der Waals surface area contributed by atoms with Crippen LogP contribution in [-0.2, 0) is 6.61 Å². The first kappa shape index (κ1) is 10.1. The predicted molar refractivity (Wildman–Crippen MR) is 66.6 cm³/mol. The quantitative estimate of drug-likeness (QED) is 0.726. The minimum atomic E-state index is -0.000586. The number of benzene rings is 1. The molecule has 0 saturated carbocycles. The highest BCUT2D eigenvalue weighted by Gasteiger charge is 2.03. The van der Waals surface area contributed by atoms with Crippen LogP contribution >= 0.6 is 0 Å². The standard InChI is InChI=1S/C14H12N2O/c17-10-13-8-15-14-7-6-12(9-16(13)14)11-4-2-1-3-5-11/h1-9,17H,10H2. The van der Waals surface area contributed by atoms with Crippen molar-refractivity contribution in [2.45, 2.75) is 6.61 Å². The van der Waals surface area contributed by atoms with E-state index >= 15 is 0 Å². The van der Waals surface area contributed by atoms with Gasteiger partial charge in [0, 0.05) is 6.20 Å². The van der Waals surface area contributed by atoms with Gasteiger partial charge in [0.2, 0.25) is 0 Å². The normalized spacial score (nSPS) is 10.9. The summed E-state index contributed by atoms with van der Waals surface area (Å²) in [5.74, 6) is 0. The summed E-state index contributed by atoms with van der Waals surface area (Å²) in [6.45, 7) is -0.000586. The lowest BCUT2D eigenvalue weighted by Crippen LogP contribution is -1.92. The first-order chi connectivity index (χ1) is 8.38. The number of aromatic nitrogens is 2. The summed E-state index contributed by atoms with van der Waals surface area (Å²) in [5, 5.41) is 9.23. The third-order valence-electron chi connectivity index (χ3n) is 2.85. The van der Waals surface area contributed by atoms with Gasteiger partial charge in [-0.25, -0.2) is 4.98 Å². The summed E-state index contributed by atoms with van der Waals surface area (Å²) in [7, 11) is 0. The summed E-state index contributed by atoms with van der Waals surface area (Å²) in [5.41, 5.74) is 3.93. The first-order valence-corrected chi connectivity index (χ1v) is 5.51. The van der Waals surface area contributed by atoms with E-state index in [0.29, 0.717) is 0 Å². The second-order valence-electron chi connectivity index (χ2n) is 3.92. The Morgan fingerprint density at radius 2 is 1.82 bits per heavy atom. The zero-order valence-electron chi connectivity index (χ0n) is 9.24. The minimum absolute atomic E-state index is 0.000586. The van der Waals surface area contributed by atoms with Crippen LogP contribution in [0.15, 0.2) is 54.9 Å². The van der Waals surface area contributed by atoms with E-state index in [2.05, 4.69) is 17.1 Å². The van der Waals surface area contributed by atoms with Crippen LogP contribution in [0.4, 0.5) is 0 Å². The monoisotopic (exact) mass is 224 g/mol. The Morgan fingerprint density at radius 1 is 1.00 bits per heavy atom. The molecule has 0 unspecified atom stereocenters. The van der Waals surface area contributed by atoms with Crippen molar-refractivity contribution in [1.29, 1.82) is 0 Å². The molecule has 2 aromatic heterocycles. The lowest BCUT2D eigenvalue weighted by atomic mass is 10.1. The largest absolute Gasteiger partial charge is 0.390 e. The fraction of sp³-hybridized carbons (Fsp3) is 0.0714. The Hall–Kier alpha value is -2.13. The first-order valence-electron chi connectivity index (χ1n) is 5.51. The molecule has 0 aliphatic carbocycles. The van der Waals surface area contributed by atoms with Crippen LogP contribution in [0.3, 0.4) is 0 Å². The predicted octanol–water partition coefficient (Wildman–Crippen LogP) is 2.49. The van der Waals surface area contributed by atoms with Gasteiger partial charge in [-0.1, -0.05) is 30.3 Å². The molecule has 0 saturated heterocycles. The molecule has 0 bridgehead atoms. The Bertz CT molecular complexity index is 644. The van der Waals surface area contributed by atoms with Gasteiger partial charge in [0.1, 0.15) is 5.65 Å². The maximum Gasteiger partial charge on any atom is 0.136 e. The number of rotatable bonds is 2. The van der Waals surface area contributed by atoms with Crippen LogP contribution in [0.25, 0.3) is 16.8 Å². The van der Waals surface area contributed by atoms with Crippen molar-refractivity contribution in [1.82, 2.24) is 9.38 Å². The molecule has 0 spiro atoms. The van der Waals surface area contributed by atoms with Crippen LogP contribution in [0.1, 0.15) is 5.69 Å². The molecule has 0 aliphatic heterocycles. The summed E-state index contributed by atoms with van der Waals surface area (Å²) in [4.78, 5) is 4.23. The van der Waals surface area contributed by atoms with Crippen molar-refractivity contribution in [3.8, 4) is 11.1 Å². The molecule has 84 valence electrons. The molecule has 0 aliphatic rings. The third-order valence-corrected chi connectivity index (χ3v) is 2.85. The molecule has 1 aromatic carbocycles. The summed E-state index contributed by atoms with van der Waals surface area (Å²) in [6.07, 6.45) is 3.70. The van der Waals surface area contributed by atoms with Gasteiger partial charge in [-0.15, -0.1) is 0 Å². The Labute approximate surface area is 99.0 Å².